The molecule has 0 radical (unpaired) electrons. The van der Waals surface area contributed by atoms with E-state index in [2.05, 4.69) is 27.8 Å². The van der Waals surface area contributed by atoms with Crippen molar-refractivity contribution in [3.8, 4) is 0 Å². The van der Waals surface area contributed by atoms with Gasteiger partial charge in [0.25, 0.3) is 0 Å². The first-order chi connectivity index (χ1) is 16.6. The average molecular weight is 540 g/mol. The molecule has 0 bridgehead atoms. The second-order valence-electron chi connectivity index (χ2n) is 11.9. The Labute approximate surface area is 216 Å². The van der Waals surface area contributed by atoms with Gasteiger partial charge < -0.3 is 15.1 Å². The lowest BCUT2D eigenvalue weighted by Gasteiger charge is -2.58. The minimum atomic E-state index is -1.36. The van der Waals surface area contributed by atoms with Gasteiger partial charge in [0, 0.05) is 28.5 Å². The summed E-state index contributed by atoms with van der Waals surface area (Å²) in [6, 6.07) is 16.6. The van der Waals surface area contributed by atoms with Crippen molar-refractivity contribution in [2.24, 2.45) is 5.41 Å². The SMILES string of the molecule is C[C@H]1CCC[C@@H]2C[C@]3(O)C(C)(C)[C@]4(C[C@@]3(O)CN21)C(=O)N(Cc1ccccc1)c1c(Br)cccc14. The van der Waals surface area contributed by atoms with Gasteiger partial charge in [-0.2, -0.15) is 0 Å². The predicted molar refractivity (Wildman–Crippen MR) is 140 cm³/mol. The molecule has 0 aromatic heterocycles. The molecule has 6 rings (SSSR count). The number of benzene rings is 2. The molecule has 1 amide bonds. The van der Waals surface area contributed by atoms with Gasteiger partial charge in [0.1, 0.15) is 11.2 Å². The van der Waals surface area contributed by atoms with Gasteiger partial charge in [-0.15, -0.1) is 0 Å². The molecule has 1 spiro atoms. The third-order valence-electron chi connectivity index (χ3n) is 10.1. The van der Waals surface area contributed by atoms with Crippen molar-refractivity contribution >= 4 is 27.5 Å². The molecule has 35 heavy (non-hydrogen) atoms. The largest absolute Gasteiger partial charge is 0.386 e. The summed E-state index contributed by atoms with van der Waals surface area (Å²) >= 11 is 3.73. The lowest BCUT2D eigenvalue weighted by molar-refractivity contribution is -0.227. The van der Waals surface area contributed by atoms with E-state index >= 15 is 0 Å². The first kappa shape index (κ1) is 23.7. The number of amides is 1. The van der Waals surface area contributed by atoms with E-state index in [1.807, 2.05) is 67.3 Å². The molecule has 6 heteroatoms. The zero-order chi connectivity index (χ0) is 24.8. The summed E-state index contributed by atoms with van der Waals surface area (Å²) in [6.45, 7) is 7.12. The number of hydrogen-bond acceptors (Lipinski definition) is 4. The molecule has 2 aromatic rings. The Balaban J connectivity index is 1.51. The van der Waals surface area contributed by atoms with Crippen molar-refractivity contribution in [1.29, 1.82) is 0 Å². The van der Waals surface area contributed by atoms with E-state index in [0.717, 1.165) is 40.5 Å². The first-order valence-corrected chi connectivity index (χ1v) is 13.7. The van der Waals surface area contributed by atoms with E-state index in [4.69, 9.17) is 0 Å². The van der Waals surface area contributed by atoms with Crippen molar-refractivity contribution in [1.82, 2.24) is 4.90 Å². The molecule has 3 heterocycles. The average Bonchev–Trinajstić information content (AvgIpc) is 3.13. The molecular weight excluding hydrogens is 504 g/mol. The van der Waals surface area contributed by atoms with Gasteiger partial charge in [0.05, 0.1) is 17.6 Å². The number of nitrogens with zero attached hydrogens (tertiary/aromatic N) is 2. The minimum Gasteiger partial charge on any atom is -0.386 e. The van der Waals surface area contributed by atoms with Crippen molar-refractivity contribution < 1.29 is 15.0 Å². The Morgan fingerprint density at radius 1 is 1.06 bits per heavy atom. The molecule has 1 saturated carbocycles. The molecule has 4 aliphatic rings. The number of hydrogen-bond donors (Lipinski definition) is 2. The van der Waals surface area contributed by atoms with E-state index < -0.39 is 22.0 Å². The molecule has 5 atom stereocenters. The summed E-state index contributed by atoms with van der Waals surface area (Å²) in [5, 5.41) is 24.8. The second kappa shape index (κ2) is 7.64. The van der Waals surface area contributed by atoms with Crippen LogP contribution in [0.5, 0.6) is 0 Å². The molecule has 5 nitrogen and oxygen atoms in total. The molecule has 3 aliphatic heterocycles. The highest BCUT2D eigenvalue weighted by Gasteiger charge is 2.80. The van der Waals surface area contributed by atoms with Crippen molar-refractivity contribution in [2.75, 3.05) is 11.4 Å². The lowest BCUT2D eigenvalue weighted by Crippen LogP contribution is -2.70. The maximum Gasteiger partial charge on any atom is 0.238 e. The van der Waals surface area contributed by atoms with Crippen LogP contribution in [0.3, 0.4) is 0 Å². The van der Waals surface area contributed by atoms with Crippen LogP contribution in [0.25, 0.3) is 0 Å². The van der Waals surface area contributed by atoms with Crippen LogP contribution in [-0.2, 0) is 16.8 Å². The summed E-state index contributed by atoms with van der Waals surface area (Å²) in [6.07, 6.45) is 4.01. The van der Waals surface area contributed by atoms with Crippen molar-refractivity contribution in [3.63, 3.8) is 0 Å². The van der Waals surface area contributed by atoms with Gasteiger partial charge >= 0.3 is 0 Å². The Bertz CT molecular complexity index is 1190. The molecule has 2 N–H and O–H groups in total. The number of aliphatic hydroxyl groups is 2. The van der Waals surface area contributed by atoms with Gasteiger partial charge in [-0.3, -0.25) is 9.69 Å². The highest BCUT2D eigenvalue weighted by atomic mass is 79.9. The Morgan fingerprint density at radius 3 is 2.54 bits per heavy atom. The second-order valence-corrected chi connectivity index (χ2v) is 12.8. The Hall–Kier alpha value is -1.73. The number of fused-ring (bicyclic) bond motifs is 4. The summed E-state index contributed by atoms with van der Waals surface area (Å²) in [5.41, 5.74) is -1.77. The normalized spacial score (nSPS) is 37.9. The van der Waals surface area contributed by atoms with Crippen LogP contribution < -0.4 is 4.90 Å². The minimum absolute atomic E-state index is 0.0180. The van der Waals surface area contributed by atoms with Crippen LogP contribution in [0.15, 0.2) is 53.0 Å². The summed E-state index contributed by atoms with van der Waals surface area (Å²) in [7, 11) is 0. The van der Waals surface area contributed by atoms with Gasteiger partial charge in [0.15, 0.2) is 0 Å². The number of rotatable bonds is 2. The topological polar surface area (TPSA) is 64.0 Å². The van der Waals surface area contributed by atoms with Gasteiger partial charge in [-0.25, -0.2) is 0 Å². The fourth-order valence-electron chi connectivity index (χ4n) is 8.13. The van der Waals surface area contributed by atoms with Crippen LogP contribution >= 0.6 is 15.9 Å². The first-order valence-electron chi connectivity index (χ1n) is 12.9. The van der Waals surface area contributed by atoms with Gasteiger partial charge in [0.2, 0.25) is 5.91 Å². The number of carbonyl (C=O) groups excluding carboxylic acids is 1. The van der Waals surface area contributed by atoms with E-state index in [-0.39, 0.29) is 18.4 Å². The Kier molecular flexibility index (Phi) is 5.16. The monoisotopic (exact) mass is 538 g/mol. The summed E-state index contributed by atoms with van der Waals surface area (Å²) < 4.78 is 0.867. The van der Waals surface area contributed by atoms with Gasteiger partial charge in [-0.05, 0) is 65.7 Å². The highest BCUT2D eigenvalue weighted by molar-refractivity contribution is 9.10. The van der Waals surface area contributed by atoms with Crippen LogP contribution in [0, 0.1) is 5.41 Å². The van der Waals surface area contributed by atoms with Crippen LogP contribution in [-0.4, -0.2) is 50.9 Å². The molecular formula is C29H35BrN2O3. The van der Waals surface area contributed by atoms with Crippen molar-refractivity contribution in [2.45, 2.75) is 88.1 Å². The third-order valence-corrected chi connectivity index (χ3v) is 10.7. The molecule has 2 saturated heterocycles. The molecule has 0 unspecified atom stereocenters. The van der Waals surface area contributed by atoms with Gasteiger partial charge in [-0.1, -0.05) is 62.7 Å². The smallest absolute Gasteiger partial charge is 0.238 e. The fraction of sp³-hybridized carbons (Fsp3) is 0.552. The van der Waals surface area contributed by atoms with E-state index in [0.29, 0.717) is 25.6 Å². The molecule has 3 fully saturated rings. The standard InChI is InChI=1S/C29H35BrN2O3/c1-19-9-7-12-21-15-29(35)26(2,3)28(17-27(29,34)18-32(19)21)22-13-8-14-23(30)24(22)31(25(28)33)16-20-10-5-4-6-11-20/h4-6,8,10-11,13-14,19,21,34-35H,7,9,12,15-18H2,1-3H3/t19-,21+,27+,28-,29-/m0/s1. The zero-order valence-electron chi connectivity index (χ0n) is 20.8. The molecule has 186 valence electrons. The summed E-state index contributed by atoms with van der Waals surface area (Å²) in [4.78, 5) is 18.9. The third kappa shape index (κ3) is 2.88. The Morgan fingerprint density at radius 2 is 1.80 bits per heavy atom. The summed E-state index contributed by atoms with van der Waals surface area (Å²) in [5.74, 6) is -0.0180. The lowest BCUT2D eigenvalue weighted by atomic mass is 9.57. The van der Waals surface area contributed by atoms with E-state index in [1.165, 1.54) is 0 Å². The maximum atomic E-state index is 14.6. The number of anilines is 1. The van der Waals surface area contributed by atoms with E-state index in [9.17, 15) is 15.0 Å². The van der Waals surface area contributed by atoms with Crippen LogP contribution in [0.2, 0.25) is 0 Å². The van der Waals surface area contributed by atoms with Crippen LogP contribution in [0.4, 0.5) is 5.69 Å². The predicted octanol–water partition coefficient (Wildman–Crippen LogP) is 4.77. The van der Waals surface area contributed by atoms with Crippen molar-refractivity contribution in [3.05, 3.63) is 64.1 Å². The highest BCUT2D eigenvalue weighted by Crippen LogP contribution is 2.70. The number of carbonyl (C=O) groups is 1. The number of halogens is 1. The zero-order valence-corrected chi connectivity index (χ0v) is 22.4. The van der Waals surface area contributed by atoms with E-state index in [1.54, 1.807) is 0 Å². The van der Waals surface area contributed by atoms with Crippen LogP contribution in [0.1, 0.15) is 64.0 Å². The maximum absolute atomic E-state index is 14.6. The fourth-order valence-corrected chi connectivity index (χ4v) is 8.71. The quantitative estimate of drug-likeness (QED) is 0.577. The molecule has 2 aromatic carbocycles. The number of para-hydroxylation sites is 1. The molecule has 1 aliphatic carbocycles. The number of piperidine rings is 2.